The topological polar surface area (TPSA) is 212 Å². The average molecular weight is 370 g/mol. The van der Waals surface area contributed by atoms with Gasteiger partial charge in [-0.05, 0) is 0 Å². The van der Waals surface area contributed by atoms with Gasteiger partial charge in [0.1, 0.15) is 31.0 Å². The van der Waals surface area contributed by atoms with Crippen molar-refractivity contribution < 1.29 is 29.6 Å². The lowest BCUT2D eigenvalue weighted by atomic mass is 10.1. The first-order chi connectivity index (χ1) is 12.3. The Balaban J connectivity index is 1.80. The summed E-state index contributed by atoms with van der Waals surface area (Å²) < 4.78 is 11.6. The largest absolute Gasteiger partial charge is 0.462 e. The van der Waals surface area contributed by atoms with Crippen molar-refractivity contribution in [1.82, 2.24) is 19.5 Å². The van der Waals surface area contributed by atoms with Gasteiger partial charge >= 0.3 is 5.97 Å². The first-order valence-corrected chi connectivity index (χ1v) is 7.60. The molecule has 0 saturated carbocycles. The minimum absolute atomic E-state index is 0.0201. The van der Waals surface area contributed by atoms with Crippen LogP contribution in [-0.4, -0.2) is 78.4 Å². The van der Waals surface area contributed by atoms with Crippen LogP contribution in [0.3, 0.4) is 0 Å². The number of ether oxygens (including phenoxy) is 2. The fourth-order valence-corrected chi connectivity index (χ4v) is 2.57. The number of aromatic nitrogens is 4. The number of carbonyl (C=O) groups is 1. The number of aliphatic hydroxyl groups excluding tert-OH is 3. The molecule has 13 heteroatoms. The van der Waals surface area contributed by atoms with E-state index in [9.17, 15) is 19.8 Å². The lowest BCUT2D eigenvalue weighted by molar-refractivity contribution is -0.152. The second kappa shape index (κ2) is 6.97. The van der Waals surface area contributed by atoms with E-state index in [0.717, 1.165) is 0 Å². The summed E-state index contributed by atoms with van der Waals surface area (Å²) in [6.07, 6.45) is -3.80. The van der Waals surface area contributed by atoms with Gasteiger partial charge in [-0.2, -0.15) is 4.98 Å². The SMILES string of the molecule is Nc1nc2c(ncn2[C@@H]2O[C@H](COC(=O)[C@@H](N)CO)[C@@H](O)[C@H]2O)c(=O)[nH]1. The maximum absolute atomic E-state index is 11.8. The summed E-state index contributed by atoms with van der Waals surface area (Å²) in [4.78, 5) is 33.4. The average Bonchev–Trinajstić information content (AvgIpc) is 3.14. The highest BCUT2D eigenvalue weighted by molar-refractivity contribution is 5.75. The molecule has 26 heavy (non-hydrogen) atoms. The molecule has 3 heterocycles. The first kappa shape index (κ1) is 18.2. The van der Waals surface area contributed by atoms with Gasteiger partial charge in [0, 0.05) is 0 Å². The molecule has 1 aliphatic rings. The van der Waals surface area contributed by atoms with E-state index in [4.69, 9.17) is 26.0 Å². The van der Waals surface area contributed by atoms with Crippen LogP contribution in [0.25, 0.3) is 11.2 Å². The standard InChI is InChI=1S/C13H18N6O7/c14-4(1-20)12(24)25-2-5-7(21)8(22)11(26-5)19-3-16-6-9(19)17-13(15)18-10(6)23/h3-5,7-8,11,20-22H,1-2,14H2,(H3,15,17,18,23)/t4-,5+,7+,8+,11+/m0/s1. The molecular formula is C13H18N6O7. The number of aromatic amines is 1. The third-order valence-electron chi connectivity index (χ3n) is 3.95. The monoisotopic (exact) mass is 370 g/mol. The fourth-order valence-electron chi connectivity index (χ4n) is 2.57. The molecule has 0 spiro atoms. The molecule has 142 valence electrons. The van der Waals surface area contributed by atoms with Gasteiger partial charge in [0.2, 0.25) is 5.95 Å². The van der Waals surface area contributed by atoms with Gasteiger partial charge in [0.15, 0.2) is 17.4 Å². The zero-order valence-corrected chi connectivity index (χ0v) is 13.3. The lowest BCUT2D eigenvalue weighted by Crippen LogP contribution is -2.39. The molecule has 1 fully saturated rings. The molecule has 3 rings (SSSR count). The maximum Gasteiger partial charge on any atom is 0.325 e. The van der Waals surface area contributed by atoms with E-state index in [1.807, 2.05) is 0 Å². The fraction of sp³-hybridized carbons (Fsp3) is 0.538. The molecule has 2 aromatic heterocycles. The number of carbonyl (C=O) groups excluding carboxylic acids is 1. The second-order valence-corrected chi connectivity index (χ2v) is 5.74. The van der Waals surface area contributed by atoms with E-state index in [1.165, 1.54) is 10.9 Å². The minimum Gasteiger partial charge on any atom is -0.462 e. The Hall–Kier alpha value is -2.58. The number of hydrogen-bond acceptors (Lipinski definition) is 11. The van der Waals surface area contributed by atoms with Crippen molar-refractivity contribution in [3.63, 3.8) is 0 Å². The highest BCUT2D eigenvalue weighted by Crippen LogP contribution is 2.31. The van der Waals surface area contributed by atoms with Crippen LogP contribution in [0.15, 0.2) is 11.1 Å². The van der Waals surface area contributed by atoms with Crippen molar-refractivity contribution in [1.29, 1.82) is 0 Å². The third kappa shape index (κ3) is 3.13. The van der Waals surface area contributed by atoms with Crippen molar-refractivity contribution in [2.45, 2.75) is 30.6 Å². The lowest BCUT2D eigenvalue weighted by Gasteiger charge is -2.16. The Morgan fingerprint density at radius 2 is 2.19 bits per heavy atom. The third-order valence-corrected chi connectivity index (χ3v) is 3.95. The quantitative estimate of drug-likeness (QED) is 0.281. The summed E-state index contributed by atoms with van der Waals surface area (Å²) in [5.41, 5.74) is 10.3. The highest BCUT2D eigenvalue weighted by Gasteiger charge is 2.45. The Morgan fingerprint density at radius 3 is 2.88 bits per heavy atom. The zero-order chi connectivity index (χ0) is 19.0. The van der Waals surface area contributed by atoms with Crippen LogP contribution in [0.1, 0.15) is 6.23 Å². The van der Waals surface area contributed by atoms with E-state index >= 15 is 0 Å². The molecule has 13 nitrogen and oxygen atoms in total. The number of nitrogens with one attached hydrogen (secondary N) is 1. The molecule has 1 aliphatic heterocycles. The summed E-state index contributed by atoms with van der Waals surface area (Å²) >= 11 is 0. The molecule has 5 atom stereocenters. The van der Waals surface area contributed by atoms with Crippen LogP contribution in [0.4, 0.5) is 5.95 Å². The summed E-state index contributed by atoms with van der Waals surface area (Å²) in [5.74, 6) is -1.03. The van der Waals surface area contributed by atoms with Gasteiger partial charge in [-0.1, -0.05) is 0 Å². The highest BCUT2D eigenvalue weighted by atomic mass is 16.6. The Kier molecular flexibility index (Phi) is 4.88. The van der Waals surface area contributed by atoms with Crippen LogP contribution in [0, 0.1) is 0 Å². The summed E-state index contributed by atoms with van der Waals surface area (Å²) in [5, 5.41) is 29.2. The predicted octanol–water partition coefficient (Wildman–Crippen LogP) is -3.82. The van der Waals surface area contributed by atoms with Gasteiger partial charge in [0.05, 0.1) is 12.9 Å². The molecule has 0 bridgehead atoms. The number of imidazole rings is 1. The molecule has 0 amide bonds. The number of H-pyrrole nitrogens is 1. The molecule has 2 aromatic rings. The van der Waals surface area contributed by atoms with Crippen LogP contribution < -0.4 is 17.0 Å². The van der Waals surface area contributed by atoms with Crippen molar-refractivity contribution in [2.24, 2.45) is 5.73 Å². The Labute approximate surface area is 145 Å². The first-order valence-electron chi connectivity index (χ1n) is 7.60. The number of nitrogens with two attached hydrogens (primary N) is 2. The van der Waals surface area contributed by atoms with E-state index in [1.54, 1.807) is 0 Å². The van der Waals surface area contributed by atoms with Gasteiger partial charge in [-0.25, -0.2) is 4.98 Å². The molecule has 1 saturated heterocycles. The summed E-state index contributed by atoms with van der Waals surface area (Å²) in [6.45, 7) is -0.995. The smallest absolute Gasteiger partial charge is 0.325 e. The maximum atomic E-state index is 11.8. The van der Waals surface area contributed by atoms with E-state index in [-0.39, 0.29) is 17.1 Å². The number of hydrogen-bond donors (Lipinski definition) is 6. The van der Waals surface area contributed by atoms with Gasteiger partial charge < -0.3 is 36.3 Å². The summed E-state index contributed by atoms with van der Waals surface area (Å²) in [7, 11) is 0. The normalized spacial score (nSPS) is 26.9. The van der Waals surface area contributed by atoms with Crippen LogP contribution in [0.5, 0.6) is 0 Å². The van der Waals surface area contributed by atoms with Crippen molar-refractivity contribution >= 4 is 23.1 Å². The molecule has 8 N–H and O–H groups in total. The van der Waals surface area contributed by atoms with Crippen molar-refractivity contribution in [3.8, 4) is 0 Å². The minimum atomic E-state index is -1.41. The summed E-state index contributed by atoms with van der Waals surface area (Å²) in [6, 6.07) is -1.22. The van der Waals surface area contributed by atoms with Crippen molar-refractivity contribution in [3.05, 3.63) is 16.7 Å². The van der Waals surface area contributed by atoms with Crippen LogP contribution >= 0.6 is 0 Å². The number of aliphatic hydroxyl groups is 3. The molecule has 0 aliphatic carbocycles. The Bertz CT molecular complexity index is 866. The van der Waals surface area contributed by atoms with Gasteiger partial charge in [-0.3, -0.25) is 19.1 Å². The van der Waals surface area contributed by atoms with Gasteiger partial charge in [-0.15, -0.1) is 0 Å². The van der Waals surface area contributed by atoms with Crippen molar-refractivity contribution in [2.75, 3.05) is 18.9 Å². The number of nitrogens with zero attached hydrogens (tertiary/aromatic N) is 3. The predicted molar refractivity (Wildman–Crippen MR) is 84.5 cm³/mol. The van der Waals surface area contributed by atoms with E-state index in [2.05, 4.69) is 15.0 Å². The van der Waals surface area contributed by atoms with E-state index in [0.29, 0.717) is 0 Å². The number of nitrogen functional groups attached to an aromatic ring is 1. The van der Waals surface area contributed by atoms with Crippen LogP contribution in [-0.2, 0) is 14.3 Å². The van der Waals surface area contributed by atoms with Crippen LogP contribution in [0.2, 0.25) is 0 Å². The molecule has 0 radical (unpaired) electrons. The number of anilines is 1. The van der Waals surface area contributed by atoms with Gasteiger partial charge in [0.25, 0.3) is 5.56 Å². The Morgan fingerprint density at radius 1 is 1.46 bits per heavy atom. The second-order valence-electron chi connectivity index (χ2n) is 5.74. The molecular weight excluding hydrogens is 352 g/mol. The number of rotatable bonds is 5. The number of esters is 1. The molecule has 0 aromatic carbocycles. The number of fused-ring (bicyclic) bond motifs is 1. The zero-order valence-electron chi connectivity index (χ0n) is 13.3. The van der Waals surface area contributed by atoms with E-state index < -0.39 is 55.3 Å². The molecule has 0 unspecified atom stereocenters.